The second kappa shape index (κ2) is 6.49. The molecule has 0 bridgehead atoms. The molecule has 2 N–H and O–H groups in total. The zero-order chi connectivity index (χ0) is 14.5. The van der Waals surface area contributed by atoms with Gasteiger partial charge in [0.25, 0.3) is 0 Å². The Morgan fingerprint density at radius 1 is 1.35 bits per heavy atom. The fourth-order valence-corrected chi connectivity index (χ4v) is 1.76. The molecule has 1 atom stereocenters. The van der Waals surface area contributed by atoms with Crippen LogP contribution in [0.15, 0.2) is 28.8 Å². The van der Waals surface area contributed by atoms with E-state index in [2.05, 4.69) is 5.16 Å². The molecule has 20 heavy (non-hydrogen) atoms. The predicted octanol–water partition coefficient (Wildman–Crippen LogP) is 2.56. The van der Waals surface area contributed by atoms with Crippen molar-refractivity contribution < 1.29 is 18.4 Å². The van der Waals surface area contributed by atoms with Crippen molar-refractivity contribution in [3.63, 3.8) is 0 Å². The highest BCUT2D eigenvalue weighted by atomic mass is 19.1. The normalized spacial score (nSPS) is 12.4. The predicted molar refractivity (Wildman–Crippen MR) is 70.6 cm³/mol. The van der Waals surface area contributed by atoms with Gasteiger partial charge in [-0.3, -0.25) is 0 Å². The molecular formula is C14H17FN2O3. The average molecular weight is 280 g/mol. The number of ether oxygens (including phenoxy) is 2. The van der Waals surface area contributed by atoms with Crippen LogP contribution in [0.2, 0.25) is 0 Å². The Kier molecular flexibility index (Phi) is 4.70. The van der Waals surface area contributed by atoms with Crippen LogP contribution in [0, 0.1) is 5.82 Å². The van der Waals surface area contributed by atoms with Gasteiger partial charge in [-0.05, 0) is 13.0 Å². The molecule has 5 nitrogen and oxygen atoms in total. The van der Waals surface area contributed by atoms with Gasteiger partial charge in [0.15, 0.2) is 5.76 Å². The van der Waals surface area contributed by atoms with Crippen LogP contribution in [0.25, 0.3) is 0 Å². The van der Waals surface area contributed by atoms with E-state index in [0.717, 1.165) is 0 Å². The van der Waals surface area contributed by atoms with E-state index in [1.54, 1.807) is 32.2 Å². The molecule has 0 saturated heterocycles. The van der Waals surface area contributed by atoms with Crippen LogP contribution < -0.4 is 10.5 Å². The maximum atomic E-state index is 13.7. The molecule has 2 rings (SSSR count). The minimum atomic E-state index is -0.377. The first-order chi connectivity index (χ1) is 9.60. The number of hydrogen-bond acceptors (Lipinski definition) is 5. The molecule has 0 fully saturated rings. The Hall–Kier alpha value is -1.92. The third-order valence-electron chi connectivity index (χ3n) is 2.74. The van der Waals surface area contributed by atoms with E-state index in [4.69, 9.17) is 19.7 Å². The van der Waals surface area contributed by atoms with Crippen LogP contribution in [0.4, 0.5) is 4.39 Å². The topological polar surface area (TPSA) is 70.5 Å². The van der Waals surface area contributed by atoms with Crippen LogP contribution >= 0.6 is 0 Å². The lowest BCUT2D eigenvalue weighted by molar-refractivity contribution is 0.155. The Labute approximate surface area is 116 Å². The number of methoxy groups -OCH3 is 1. The first-order valence-corrected chi connectivity index (χ1v) is 6.21. The Balaban J connectivity index is 1.98. The molecule has 0 aliphatic carbocycles. The lowest BCUT2D eigenvalue weighted by Crippen LogP contribution is -2.07. The van der Waals surface area contributed by atoms with E-state index in [9.17, 15) is 4.39 Å². The number of halogens is 1. The van der Waals surface area contributed by atoms with Gasteiger partial charge in [0.1, 0.15) is 30.5 Å². The summed E-state index contributed by atoms with van der Waals surface area (Å²) in [5, 5.41) is 3.82. The van der Waals surface area contributed by atoms with Crippen molar-refractivity contribution in [1.82, 2.24) is 5.16 Å². The maximum absolute atomic E-state index is 13.7. The molecule has 1 aromatic carbocycles. The number of nitrogens with two attached hydrogens (primary N) is 1. The quantitative estimate of drug-likeness (QED) is 0.880. The van der Waals surface area contributed by atoms with Gasteiger partial charge in [-0.15, -0.1) is 0 Å². The fourth-order valence-electron chi connectivity index (χ4n) is 1.76. The number of aromatic nitrogens is 1. The lowest BCUT2D eigenvalue weighted by Gasteiger charge is -2.09. The number of rotatable bonds is 6. The van der Waals surface area contributed by atoms with Gasteiger partial charge in [0.2, 0.25) is 0 Å². The van der Waals surface area contributed by atoms with E-state index < -0.39 is 0 Å². The molecular weight excluding hydrogens is 263 g/mol. The Morgan fingerprint density at radius 3 is 2.80 bits per heavy atom. The lowest BCUT2D eigenvalue weighted by atomic mass is 10.1. The summed E-state index contributed by atoms with van der Waals surface area (Å²) < 4.78 is 29.1. The summed E-state index contributed by atoms with van der Waals surface area (Å²) >= 11 is 0. The molecule has 0 unspecified atom stereocenters. The minimum absolute atomic E-state index is 0.199. The zero-order valence-electron chi connectivity index (χ0n) is 11.4. The van der Waals surface area contributed by atoms with Crippen molar-refractivity contribution in [3.05, 3.63) is 47.1 Å². The molecule has 1 heterocycles. The van der Waals surface area contributed by atoms with Gasteiger partial charge >= 0.3 is 0 Å². The molecule has 1 aromatic heterocycles. The van der Waals surface area contributed by atoms with E-state index in [-0.39, 0.29) is 18.5 Å². The average Bonchev–Trinajstić information content (AvgIpc) is 2.84. The molecule has 108 valence electrons. The number of nitrogens with zero attached hydrogens (tertiary/aromatic N) is 1. The van der Waals surface area contributed by atoms with E-state index >= 15 is 0 Å². The molecule has 0 radical (unpaired) electrons. The summed E-state index contributed by atoms with van der Waals surface area (Å²) in [6.07, 6.45) is 0. The van der Waals surface area contributed by atoms with Crippen molar-refractivity contribution >= 4 is 0 Å². The van der Waals surface area contributed by atoms with Gasteiger partial charge < -0.3 is 19.7 Å². The molecule has 0 aliphatic heterocycles. The largest absolute Gasteiger partial charge is 0.487 e. The van der Waals surface area contributed by atoms with Crippen molar-refractivity contribution in [2.45, 2.75) is 26.2 Å². The van der Waals surface area contributed by atoms with Gasteiger partial charge in [-0.2, -0.15) is 0 Å². The molecule has 6 heteroatoms. The smallest absolute Gasteiger partial charge is 0.162 e. The van der Waals surface area contributed by atoms with Crippen LogP contribution in [0.3, 0.4) is 0 Å². The first kappa shape index (κ1) is 14.5. The maximum Gasteiger partial charge on any atom is 0.162 e. The Morgan fingerprint density at radius 2 is 2.15 bits per heavy atom. The van der Waals surface area contributed by atoms with Gasteiger partial charge in [-0.1, -0.05) is 11.2 Å². The summed E-state index contributed by atoms with van der Waals surface area (Å²) in [6, 6.07) is 5.99. The summed E-state index contributed by atoms with van der Waals surface area (Å²) in [5.74, 6) is 0.658. The van der Waals surface area contributed by atoms with Gasteiger partial charge in [-0.25, -0.2) is 4.39 Å². The molecule has 0 aliphatic rings. The van der Waals surface area contributed by atoms with E-state index in [0.29, 0.717) is 29.4 Å². The van der Waals surface area contributed by atoms with Gasteiger partial charge in [0.05, 0.1) is 0 Å². The Bertz CT molecular complexity index is 569. The summed E-state index contributed by atoms with van der Waals surface area (Å²) in [5.41, 5.74) is 6.72. The summed E-state index contributed by atoms with van der Waals surface area (Å²) in [4.78, 5) is 0. The fraction of sp³-hybridized carbons (Fsp3) is 0.357. The summed E-state index contributed by atoms with van der Waals surface area (Å²) in [6.45, 7) is 2.28. The SMILES string of the molecule is COCc1cc(COc2ccc([C@H](C)N)c(F)c2)no1. The third kappa shape index (κ3) is 3.55. The third-order valence-corrected chi connectivity index (χ3v) is 2.74. The van der Waals surface area contributed by atoms with Crippen molar-refractivity contribution in [3.8, 4) is 5.75 Å². The molecule has 0 amide bonds. The van der Waals surface area contributed by atoms with E-state index in [1.807, 2.05) is 0 Å². The second-order valence-corrected chi connectivity index (χ2v) is 4.48. The number of hydrogen-bond donors (Lipinski definition) is 1. The van der Waals surface area contributed by atoms with Crippen molar-refractivity contribution in [2.24, 2.45) is 5.73 Å². The molecule has 0 spiro atoms. The van der Waals surface area contributed by atoms with E-state index in [1.165, 1.54) is 6.07 Å². The van der Waals surface area contributed by atoms with Crippen LogP contribution in [-0.4, -0.2) is 12.3 Å². The van der Waals surface area contributed by atoms with Crippen molar-refractivity contribution in [2.75, 3.05) is 7.11 Å². The highest BCUT2D eigenvalue weighted by molar-refractivity contribution is 5.30. The standard InChI is InChI=1S/C14H17FN2O3/c1-9(16)13-4-3-11(6-14(13)15)19-7-10-5-12(8-18-2)20-17-10/h3-6,9H,7-8,16H2,1-2H3/t9-/m0/s1. The summed E-state index contributed by atoms with van der Waals surface area (Å²) in [7, 11) is 1.57. The zero-order valence-corrected chi connectivity index (χ0v) is 11.4. The second-order valence-electron chi connectivity index (χ2n) is 4.48. The number of benzene rings is 1. The van der Waals surface area contributed by atoms with Crippen LogP contribution in [0.5, 0.6) is 5.75 Å². The van der Waals surface area contributed by atoms with Crippen molar-refractivity contribution in [1.29, 1.82) is 0 Å². The highest BCUT2D eigenvalue weighted by Gasteiger charge is 2.09. The molecule has 2 aromatic rings. The highest BCUT2D eigenvalue weighted by Crippen LogP contribution is 2.21. The minimum Gasteiger partial charge on any atom is -0.487 e. The monoisotopic (exact) mass is 280 g/mol. The van der Waals surface area contributed by atoms with Crippen LogP contribution in [0.1, 0.15) is 30.0 Å². The molecule has 0 saturated carbocycles. The first-order valence-electron chi connectivity index (χ1n) is 6.21. The van der Waals surface area contributed by atoms with Gasteiger partial charge in [0, 0.05) is 30.8 Å². The van der Waals surface area contributed by atoms with Crippen LogP contribution in [-0.2, 0) is 18.0 Å².